The van der Waals surface area contributed by atoms with Crippen molar-refractivity contribution >= 4 is 0 Å². The molecule has 0 N–H and O–H groups in total. The highest BCUT2D eigenvalue weighted by atomic mass is 16.5. The van der Waals surface area contributed by atoms with Crippen LogP contribution in [0.15, 0.2) is 12.1 Å². The molecule has 0 radical (unpaired) electrons. The van der Waals surface area contributed by atoms with Gasteiger partial charge in [0.1, 0.15) is 6.61 Å². The molecule has 0 spiro atoms. The zero-order valence-corrected chi connectivity index (χ0v) is 11.1. The summed E-state index contributed by atoms with van der Waals surface area (Å²) in [6.45, 7) is 2.18. The second-order valence-electron chi connectivity index (χ2n) is 3.62. The quantitative estimate of drug-likeness (QED) is 0.727. The van der Waals surface area contributed by atoms with E-state index >= 15 is 0 Å². The lowest BCUT2D eigenvalue weighted by Crippen LogP contribution is -2.03. The summed E-state index contributed by atoms with van der Waals surface area (Å²) in [7, 11) is 4.72. The van der Waals surface area contributed by atoms with Gasteiger partial charge < -0.3 is 18.9 Å². The Balaban J connectivity index is 3.11. The fourth-order valence-electron chi connectivity index (χ4n) is 1.61. The van der Waals surface area contributed by atoms with E-state index in [9.17, 15) is 0 Å². The van der Waals surface area contributed by atoms with Gasteiger partial charge in [-0.1, -0.05) is 5.92 Å². The van der Waals surface area contributed by atoms with Crippen LogP contribution >= 0.6 is 0 Å². The Morgan fingerprint density at radius 1 is 1.11 bits per heavy atom. The van der Waals surface area contributed by atoms with Crippen LogP contribution in [0, 0.1) is 12.3 Å². The summed E-state index contributed by atoms with van der Waals surface area (Å²) in [5.74, 6) is 4.20. The maximum atomic E-state index is 5.46. The van der Waals surface area contributed by atoms with E-state index in [1.807, 2.05) is 19.1 Å². The van der Waals surface area contributed by atoms with Crippen molar-refractivity contribution < 1.29 is 18.9 Å². The highest BCUT2D eigenvalue weighted by Crippen LogP contribution is 2.40. The summed E-state index contributed by atoms with van der Waals surface area (Å²) in [6, 6.07) is 3.70. The van der Waals surface area contributed by atoms with Gasteiger partial charge >= 0.3 is 0 Å². The van der Waals surface area contributed by atoms with Crippen LogP contribution < -0.4 is 14.2 Å². The molecule has 1 atom stereocenters. The maximum absolute atomic E-state index is 5.46. The number of methoxy groups -OCH3 is 3. The molecule has 1 rings (SSSR count). The molecule has 0 heterocycles. The lowest BCUT2D eigenvalue weighted by molar-refractivity contribution is 0.0922. The zero-order chi connectivity index (χ0) is 13.5. The topological polar surface area (TPSA) is 36.9 Å². The Hall–Kier alpha value is -1.86. The van der Waals surface area contributed by atoms with Gasteiger partial charge in [-0.25, -0.2) is 0 Å². The molecule has 18 heavy (non-hydrogen) atoms. The van der Waals surface area contributed by atoms with E-state index in [1.54, 1.807) is 21.3 Å². The van der Waals surface area contributed by atoms with Gasteiger partial charge in [0.25, 0.3) is 0 Å². The first kappa shape index (κ1) is 14.2. The number of ether oxygens (including phenoxy) is 4. The fraction of sp³-hybridized carbons (Fsp3) is 0.429. The Morgan fingerprint density at radius 3 is 2.06 bits per heavy atom. The molecule has 0 aliphatic heterocycles. The van der Waals surface area contributed by atoms with Crippen molar-refractivity contribution in [2.24, 2.45) is 0 Å². The van der Waals surface area contributed by atoms with Crippen LogP contribution in [-0.2, 0) is 4.74 Å². The van der Waals surface area contributed by atoms with Gasteiger partial charge in [-0.15, -0.1) is 6.42 Å². The van der Waals surface area contributed by atoms with E-state index in [0.717, 1.165) is 5.56 Å². The van der Waals surface area contributed by atoms with Crippen LogP contribution in [0.2, 0.25) is 0 Å². The molecule has 0 bridgehead atoms. The molecule has 1 aromatic carbocycles. The Morgan fingerprint density at radius 2 is 1.67 bits per heavy atom. The first-order valence-corrected chi connectivity index (χ1v) is 5.52. The normalized spacial score (nSPS) is 11.5. The van der Waals surface area contributed by atoms with Crippen molar-refractivity contribution in [1.29, 1.82) is 0 Å². The highest BCUT2D eigenvalue weighted by Gasteiger charge is 2.16. The monoisotopic (exact) mass is 250 g/mol. The van der Waals surface area contributed by atoms with Crippen molar-refractivity contribution in [3.63, 3.8) is 0 Å². The van der Waals surface area contributed by atoms with Crippen LogP contribution in [0.1, 0.15) is 18.6 Å². The summed E-state index contributed by atoms with van der Waals surface area (Å²) in [5, 5.41) is 0. The smallest absolute Gasteiger partial charge is 0.203 e. The minimum absolute atomic E-state index is 0.144. The minimum atomic E-state index is -0.144. The lowest BCUT2D eigenvalue weighted by atomic mass is 10.1. The summed E-state index contributed by atoms with van der Waals surface area (Å²) in [4.78, 5) is 0. The molecule has 0 aromatic heterocycles. The molecular formula is C14H18O4. The molecule has 0 unspecified atom stereocenters. The summed E-state index contributed by atoms with van der Waals surface area (Å²) in [6.07, 6.45) is 5.02. The SMILES string of the molecule is C#CCO[C@H](C)c1cc(OC)c(OC)c(OC)c1. The molecule has 0 aliphatic rings. The molecule has 0 amide bonds. The summed E-state index contributed by atoms with van der Waals surface area (Å²) in [5.41, 5.74) is 0.916. The third kappa shape index (κ3) is 3.08. The van der Waals surface area contributed by atoms with Crippen molar-refractivity contribution in [3.05, 3.63) is 17.7 Å². The number of hydrogen-bond donors (Lipinski definition) is 0. The number of rotatable bonds is 6. The fourth-order valence-corrected chi connectivity index (χ4v) is 1.61. The first-order chi connectivity index (χ1) is 8.67. The van der Waals surface area contributed by atoms with Crippen LogP contribution in [0.4, 0.5) is 0 Å². The van der Waals surface area contributed by atoms with Gasteiger partial charge in [0.2, 0.25) is 5.75 Å². The predicted octanol–water partition coefficient (Wildman–Crippen LogP) is 2.42. The van der Waals surface area contributed by atoms with Gasteiger partial charge in [0, 0.05) is 0 Å². The van der Waals surface area contributed by atoms with Crippen molar-refractivity contribution in [3.8, 4) is 29.6 Å². The van der Waals surface area contributed by atoms with Crippen molar-refractivity contribution in [1.82, 2.24) is 0 Å². The lowest BCUT2D eigenvalue weighted by Gasteiger charge is -2.17. The molecular weight excluding hydrogens is 232 g/mol. The average Bonchev–Trinajstić information content (AvgIpc) is 2.42. The Labute approximate surface area is 108 Å². The highest BCUT2D eigenvalue weighted by molar-refractivity contribution is 5.54. The van der Waals surface area contributed by atoms with Gasteiger partial charge in [0.15, 0.2) is 11.5 Å². The standard InChI is InChI=1S/C14H18O4/c1-6-7-18-10(2)11-8-12(15-3)14(17-5)13(9-11)16-4/h1,8-10H,7H2,2-5H3/t10-/m1/s1. The first-order valence-electron chi connectivity index (χ1n) is 5.52. The molecule has 4 heteroatoms. The van der Waals surface area contributed by atoms with E-state index in [-0.39, 0.29) is 12.7 Å². The van der Waals surface area contributed by atoms with Gasteiger partial charge in [-0.3, -0.25) is 0 Å². The third-order valence-corrected chi connectivity index (χ3v) is 2.57. The van der Waals surface area contributed by atoms with Gasteiger partial charge in [0.05, 0.1) is 27.4 Å². The Bertz CT molecular complexity index is 409. The summed E-state index contributed by atoms with van der Waals surface area (Å²) < 4.78 is 21.3. The van der Waals surface area contributed by atoms with E-state index in [2.05, 4.69) is 5.92 Å². The zero-order valence-electron chi connectivity index (χ0n) is 11.1. The van der Waals surface area contributed by atoms with Gasteiger partial charge in [-0.2, -0.15) is 0 Å². The van der Waals surface area contributed by atoms with Crippen LogP contribution in [0.5, 0.6) is 17.2 Å². The average molecular weight is 250 g/mol. The van der Waals surface area contributed by atoms with Crippen molar-refractivity contribution in [2.45, 2.75) is 13.0 Å². The minimum Gasteiger partial charge on any atom is -0.493 e. The summed E-state index contributed by atoms with van der Waals surface area (Å²) >= 11 is 0. The molecule has 0 aliphatic carbocycles. The van der Waals surface area contributed by atoms with Crippen LogP contribution in [0.25, 0.3) is 0 Å². The number of hydrogen-bond acceptors (Lipinski definition) is 4. The third-order valence-electron chi connectivity index (χ3n) is 2.57. The van der Waals surface area contributed by atoms with Crippen LogP contribution in [-0.4, -0.2) is 27.9 Å². The second kappa shape index (κ2) is 6.77. The van der Waals surface area contributed by atoms with E-state index < -0.39 is 0 Å². The van der Waals surface area contributed by atoms with Crippen molar-refractivity contribution in [2.75, 3.05) is 27.9 Å². The van der Waals surface area contributed by atoms with E-state index in [1.165, 1.54) is 0 Å². The van der Waals surface area contributed by atoms with E-state index in [0.29, 0.717) is 17.2 Å². The van der Waals surface area contributed by atoms with E-state index in [4.69, 9.17) is 25.4 Å². The van der Waals surface area contributed by atoms with Gasteiger partial charge in [-0.05, 0) is 24.6 Å². The molecule has 0 saturated carbocycles. The molecule has 0 fully saturated rings. The second-order valence-corrected chi connectivity index (χ2v) is 3.62. The largest absolute Gasteiger partial charge is 0.493 e. The molecule has 98 valence electrons. The molecule has 1 aromatic rings. The maximum Gasteiger partial charge on any atom is 0.203 e. The molecule has 4 nitrogen and oxygen atoms in total. The molecule has 0 saturated heterocycles. The Kier molecular flexibility index (Phi) is 5.34. The number of terminal acetylenes is 1. The van der Waals surface area contributed by atoms with Crippen LogP contribution in [0.3, 0.4) is 0 Å². The predicted molar refractivity (Wildman–Crippen MR) is 69.3 cm³/mol. The number of benzene rings is 1.